The van der Waals surface area contributed by atoms with Gasteiger partial charge in [-0.15, -0.1) is 0 Å². The molecule has 1 aromatic carbocycles. The first kappa shape index (κ1) is 21.4. The highest BCUT2D eigenvalue weighted by atomic mass is 35.5. The van der Waals surface area contributed by atoms with Crippen molar-refractivity contribution in [2.24, 2.45) is 5.84 Å². The van der Waals surface area contributed by atoms with Crippen LogP contribution in [0.2, 0.25) is 5.02 Å². The predicted molar refractivity (Wildman–Crippen MR) is 113 cm³/mol. The lowest BCUT2D eigenvalue weighted by Crippen LogP contribution is -2.45. The monoisotopic (exact) mass is 435 g/mol. The number of hydrazine groups is 1. The number of nitrogens with one attached hydrogen (secondary N) is 2. The van der Waals surface area contributed by atoms with Gasteiger partial charge in [0.25, 0.3) is 11.8 Å². The van der Waals surface area contributed by atoms with E-state index < -0.39 is 5.91 Å². The summed E-state index contributed by atoms with van der Waals surface area (Å²) in [7, 11) is 0. The number of rotatable bonds is 6. The van der Waals surface area contributed by atoms with E-state index >= 15 is 0 Å². The molecule has 10 heteroatoms. The van der Waals surface area contributed by atoms with Crippen molar-refractivity contribution in [2.45, 2.75) is 24.3 Å². The third kappa shape index (κ3) is 5.60. The molecule has 2 aromatic rings. The van der Waals surface area contributed by atoms with Gasteiger partial charge in [0.1, 0.15) is 11.4 Å². The van der Waals surface area contributed by atoms with Gasteiger partial charge in [-0.1, -0.05) is 17.7 Å². The Balaban J connectivity index is 1.55. The molecule has 1 aliphatic rings. The van der Waals surface area contributed by atoms with Crippen molar-refractivity contribution in [3.63, 3.8) is 0 Å². The molecule has 2 amide bonds. The van der Waals surface area contributed by atoms with Gasteiger partial charge in [0, 0.05) is 30.6 Å². The fourth-order valence-electron chi connectivity index (χ4n) is 3.00. The number of hydrogen-bond donors (Lipinski definition) is 5. The minimum Gasteiger partial charge on any atom is -0.506 e. The van der Waals surface area contributed by atoms with Crippen LogP contribution >= 0.6 is 24.2 Å². The summed E-state index contributed by atoms with van der Waals surface area (Å²) in [5.41, 5.74) is 1.21. The van der Waals surface area contributed by atoms with Gasteiger partial charge in [0.2, 0.25) is 0 Å². The van der Waals surface area contributed by atoms with E-state index in [1.165, 1.54) is 24.4 Å². The number of aromatic hydroxyl groups is 1. The lowest BCUT2D eigenvalue weighted by molar-refractivity contribution is 0.0735. The Labute approximate surface area is 178 Å². The number of benzene rings is 1. The van der Waals surface area contributed by atoms with Gasteiger partial charge in [-0.2, -0.15) is 12.6 Å². The molecule has 1 aromatic heterocycles. The third-order valence-electron chi connectivity index (χ3n) is 4.59. The van der Waals surface area contributed by atoms with Crippen LogP contribution in [0.15, 0.2) is 36.5 Å². The van der Waals surface area contributed by atoms with Gasteiger partial charge >= 0.3 is 0 Å². The second-order valence-corrected chi connectivity index (χ2v) is 7.99. The number of nitrogens with two attached hydrogens (primary N) is 1. The molecule has 3 rings (SSSR count). The van der Waals surface area contributed by atoms with E-state index in [1.54, 1.807) is 12.1 Å². The van der Waals surface area contributed by atoms with Crippen LogP contribution in [0.3, 0.4) is 0 Å². The lowest BCUT2D eigenvalue weighted by Gasteiger charge is -2.20. The van der Waals surface area contributed by atoms with E-state index in [1.807, 2.05) is 0 Å². The minimum atomic E-state index is -0.417. The fraction of sp³-hybridized carbons (Fsp3) is 0.316. The number of thiol groups is 1. The van der Waals surface area contributed by atoms with Crippen molar-refractivity contribution < 1.29 is 14.7 Å². The van der Waals surface area contributed by atoms with Crippen LogP contribution in [0.25, 0.3) is 0 Å². The van der Waals surface area contributed by atoms with Crippen molar-refractivity contribution in [1.82, 2.24) is 20.6 Å². The highest BCUT2D eigenvalue weighted by Gasteiger charge is 2.25. The van der Waals surface area contributed by atoms with Crippen molar-refractivity contribution in [3.05, 3.63) is 58.4 Å². The molecule has 1 fully saturated rings. The summed E-state index contributed by atoms with van der Waals surface area (Å²) < 4.78 is 0. The standard InChI is InChI=1S/C19H22ClN5O3S/c20-15-5-11(1-4-17(15)26)7-24-18(27)12-2-3-16(23-8-12)19(28)25(21)10-13-6-14(29)9-22-13/h1-5,8,13-14,22,26,29H,6-7,9-10,21H2,(H,24,27). The van der Waals surface area contributed by atoms with Gasteiger partial charge in [-0.3, -0.25) is 19.6 Å². The van der Waals surface area contributed by atoms with Gasteiger partial charge in [0.15, 0.2) is 0 Å². The number of phenols is 1. The van der Waals surface area contributed by atoms with E-state index in [9.17, 15) is 14.7 Å². The first-order valence-corrected chi connectivity index (χ1v) is 9.92. The maximum atomic E-state index is 12.4. The minimum absolute atomic E-state index is 0.0192. The second kappa shape index (κ2) is 9.45. The summed E-state index contributed by atoms with van der Waals surface area (Å²) in [6, 6.07) is 7.78. The molecule has 154 valence electrons. The summed E-state index contributed by atoms with van der Waals surface area (Å²) in [5, 5.41) is 17.0. The highest BCUT2D eigenvalue weighted by molar-refractivity contribution is 7.81. The number of carbonyl (C=O) groups is 2. The zero-order chi connectivity index (χ0) is 21.0. The molecular weight excluding hydrogens is 414 g/mol. The smallest absolute Gasteiger partial charge is 0.286 e. The molecule has 0 saturated carbocycles. The summed E-state index contributed by atoms with van der Waals surface area (Å²) in [6.45, 7) is 1.37. The summed E-state index contributed by atoms with van der Waals surface area (Å²) >= 11 is 10.3. The van der Waals surface area contributed by atoms with Gasteiger partial charge < -0.3 is 15.7 Å². The van der Waals surface area contributed by atoms with Crippen molar-refractivity contribution in [2.75, 3.05) is 13.1 Å². The molecule has 0 bridgehead atoms. The zero-order valence-corrected chi connectivity index (χ0v) is 17.2. The van der Waals surface area contributed by atoms with Crippen LogP contribution in [-0.2, 0) is 6.54 Å². The quantitative estimate of drug-likeness (QED) is 0.202. The zero-order valence-electron chi connectivity index (χ0n) is 15.5. The molecule has 1 aliphatic heterocycles. The molecule has 0 radical (unpaired) electrons. The van der Waals surface area contributed by atoms with Crippen LogP contribution < -0.4 is 16.5 Å². The molecular formula is C19H22ClN5O3S. The van der Waals surface area contributed by atoms with E-state index in [-0.39, 0.29) is 40.2 Å². The van der Waals surface area contributed by atoms with Crippen molar-refractivity contribution >= 4 is 36.0 Å². The van der Waals surface area contributed by atoms with Crippen LogP contribution in [0, 0.1) is 0 Å². The van der Waals surface area contributed by atoms with Crippen molar-refractivity contribution in [3.8, 4) is 5.75 Å². The number of halogens is 1. The SMILES string of the molecule is NN(CC1CC(S)CN1)C(=O)c1ccc(C(=O)NCc2ccc(O)c(Cl)c2)cn1. The number of hydrogen-bond acceptors (Lipinski definition) is 7. The van der Waals surface area contributed by atoms with Crippen LogP contribution in [0.5, 0.6) is 5.75 Å². The topological polar surface area (TPSA) is 121 Å². The van der Waals surface area contributed by atoms with Crippen LogP contribution in [0.4, 0.5) is 0 Å². The molecule has 1 saturated heterocycles. The van der Waals surface area contributed by atoms with Crippen LogP contribution in [0.1, 0.15) is 32.8 Å². The molecule has 2 heterocycles. The average molecular weight is 436 g/mol. The Morgan fingerprint density at radius 1 is 1.38 bits per heavy atom. The second-order valence-electron chi connectivity index (χ2n) is 6.85. The number of amides is 2. The maximum Gasteiger partial charge on any atom is 0.286 e. The van der Waals surface area contributed by atoms with E-state index in [0.29, 0.717) is 12.1 Å². The number of nitrogens with zero attached hydrogens (tertiary/aromatic N) is 2. The number of aromatic nitrogens is 1. The maximum absolute atomic E-state index is 12.4. The number of pyridine rings is 1. The molecule has 2 atom stereocenters. The van der Waals surface area contributed by atoms with Gasteiger partial charge in [-0.25, -0.2) is 5.84 Å². The van der Waals surface area contributed by atoms with Gasteiger partial charge in [0.05, 0.1) is 17.1 Å². The summed E-state index contributed by atoms with van der Waals surface area (Å²) in [5.74, 6) is 5.10. The van der Waals surface area contributed by atoms with Gasteiger partial charge in [-0.05, 0) is 36.2 Å². The highest BCUT2D eigenvalue weighted by Crippen LogP contribution is 2.23. The van der Waals surface area contributed by atoms with E-state index in [0.717, 1.165) is 23.5 Å². The fourth-order valence-corrected chi connectivity index (χ4v) is 3.57. The van der Waals surface area contributed by atoms with E-state index in [2.05, 4.69) is 28.2 Å². The Hall–Kier alpha value is -2.33. The summed E-state index contributed by atoms with van der Waals surface area (Å²) in [4.78, 5) is 28.8. The normalized spacial score (nSPS) is 18.4. The molecule has 0 spiro atoms. The van der Waals surface area contributed by atoms with Crippen LogP contribution in [-0.4, -0.2) is 51.3 Å². The third-order valence-corrected chi connectivity index (χ3v) is 5.28. The molecule has 2 unspecified atom stereocenters. The Morgan fingerprint density at radius 3 is 2.79 bits per heavy atom. The Bertz CT molecular complexity index is 896. The first-order valence-electron chi connectivity index (χ1n) is 9.03. The molecule has 0 aliphatic carbocycles. The molecule has 8 nitrogen and oxygen atoms in total. The lowest BCUT2D eigenvalue weighted by atomic mass is 10.2. The molecule has 5 N–H and O–H groups in total. The van der Waals surface area contributed by atoms with E-state index in [4.69, 9.17) is 17.4 Å². The Morgan fingerprint density at radius 2 is 2.17 bits per heavy atom. The van der Waals surface area contributed by atoms with Crippen molar-refractivity contribution in [1.29, 1.82) is 0 Å². The summed E-state index contributed by atoms with van der Waals surface area (Å²) in [6.07, 6.45) is 2.17. The number of carbonyl (C=O) groups excluding carboxylic acids is 2. The Kier molecular flexibility index (Phi) is 6.96. The first-order chi connectivity index (χ1) is 13.8. The number of phenolic OH excluding ortho intramolecular Hbond substituents is 1. The molecule has 29 heavy (non-hydrogen) atoms. The largest absolute Gasteiger partial charge is 0.506 e. The predicted octanol–water partition coefficient (Wildman–Crippen LogP) is 1.35. The average Bonchev–Trinajstić information content (AvgIpc) is 3.12.